The van der Waals surface area contributed by atoms with Crippen LogP contribution in [0, 0.1) is 0 Å². The minimum atomic E-state index is 0.787. The molecule has 0 fully saturated rings. The Balaban J connectivity index is 1.52. The summed E-state index contributed by atoms with van der Waals surface area (Å²) in [6.45, 7) is 9.78. The van der Waals surface area contributed by atoms with Gasteiger partial charge in [0.25, 0.3) is 0 Å². The lowest BCUT2D eigenvalue weighted by atomic mass is 9.87. The van der Waals surface area contributed by atoms with E-state index in [4.69, 9.17) is 5.11 Å². The molecule has 264 valence electrons. The van der Waals surface area contributed by atoms with Crippen LogP contribution in [0.15, 0.2) is 132 Å². The summed E-state index contributed by atoms with van der Waals surface area (Å²) in [5, 5.41) is 5.22. The molecule has 0 bridgehead atoms. The van der Waals surface area contributed by atoms with Crippen LogP contribution < -0.4 is 0 Å². The summed E-state index contributed by atoms with van der Waals surface area (Å²) >= 11 is 0. The van der Waals surface area contributed by atoms with Crippen molar-refractivity contribution in [2.45, 2.75) is 105 Å². The van der Waals surface area contributed by atoms with E-state index >= 15 is 0 Å². The molecule has 0 heterocycles. The second-order valence-electron chi connectivity index (χ2n) is 14.0. The molecule has 0 aliphatic heterocycles. The fraction of sp³-hybridized carbons (Fsp3) is 0.347. The summed E-state index contributed by atoms with van der Waals surface area (Å²) in [6.07, 6.45) is 17.7. The van der Waals surface area contributed by atoms with Gasteiger partial charge in [-0.25, -0.2) is 0 Å². The molecule has 0 saturated heterocycles. The average molecular weight is 676 g/mol. The van der Waals surface area contributed by atoms with E-state index < -0.39 is 0 Å². The van der Waals surface area contributed by atoms with E-state index in [9.17, 15) is 0 Å². The Morgan fingerprint density at radius 1 is 0.529 bits per heavy atom. The second-order valence-corrected chi connectivity index (χ2v) is 14.0. The van der Waals surface area contributed by atoms with E-state index in [0.717, 1.165) is 30.8 Å². The first kappa shape index (κ1) is 37.7. The lowest BCUT2D eigenvalue weighted by Gasteiger charge is -2.18. The zero-order valence-corrected chi connectivity index (χ0v) is 31.7. The topological polar surface area (TPSA) is 15.4 Å². The normalized spacial score (nSPS) is 12.0. The van der Waals surface area contributed by atoms with Crippen LogP contribution in [-0.4, -0.2) is 11.2 Å². The molecule has 0 aromatic heterocycles. The molecule has 0 amide bonds. The SMILES string of the molecule is CCCCCCCCc1c(CCCCCC)cc(C=C(C)[N+](CC)=Nc2ccc(-c3ccccc3)c(-c3ccccc3)c2)cc1-c1ccccc1. The zero-order valence-electron chi connectivity index (χ0n) is 31.7. The smallest absolute Gasteiger partial charge is 0.0885 e. The van der Waals surface area contributed by atoms with Crippen LogP contribution in [-0.2, 0) is 12.8 Å². The highest BCUT2D eigenvalue weighted by molar-refractivity contribution is 5.85. The molecular formula is C49H59N2+. The maximum absolute atomic E-state index is 5.22. The lowest BCUT2D eigenvalue weighted by molar-refractivity contribution is -0.537. The van der Waals surface area contributed by atoms with E-state index in [1.807, 2.05) is 0 Å². The van der Waals surface area contributed by atoms with Crippen molar-refractivity contribution in [1.29, 1.82) is 0 Å². The fourth-order valence-corrected chi connectivity index (χ4v) is 7.23. The van der Waals surface area contributed by atoms with Gasteiger partial charge in [0.2, 0.25) is 5.70 Å². The number of unbranched alkanes of at least 4 members (excludes halogenated alkanes) is 8. The summed E-state index contributed by atoms with van der Waals surface area (Å²) in [5.74, 6) is 0. The van der Waals surface area contributed by atoms with E-state index in [1.165, 1.54) is 109 Å². The summed E-state index contributed by atoms with van der Waals surface area (Å²) in [5.41, 5.74) is 14.0. The number of nitrogens with zero attached hydrogens (tertiary/aromatic N) is 2. The van der Waals surface area contributed by atoms with Crippen molar-refractivity contribution in [3.8, 4) is 33.4 Å². The van der Waals surface area contributed by atoms with Gasteiger partial charge in [0.15, 0.2) is 6.54 Å². The van der Waals surface area contributed by atoms with Gasteiger partial charge in [0, 0.05) is 13.0 Å². The Hall–Kier alpha value is -4.56. The number of azo groups is 2. The standard InChI is InChI=1S/C49H59N2/c1-5-8-10-12-13-24-32-46-44(31-17-11-9-6-2)36-40(37-48(46)42-27-20-15-21-28-42)35-39(4)51(7-3)50-45-33-34-47(41-25-18-14-19-26-41)49(38-45)43-29-22-16-23-30-43/h14-16,18-23,25-30,33-38H,5-13,17,24,31-32H2,1-4H3/q+1. The van der Waals surface area contributed by atoms with Gasteiger partial charge in [0.1, 0.15) is 5.69 Å². The first-order valence-electron chi connectivity index (χ1n) is 19.7. The van der Waals surface area contributed by atoms with Crippen molar-refractivity contribution in [3.05, 3.63) is 144 Å². The van der Waals surface area contributed by atoms with Gasteiger partial charge in [-0.1, -0.05) is 173 Å². The third-order valence-electron chi connectivity index (χ3n) is 10.0. The Kier molecular flexibility index (Phi) is 15.0. The molecule has 0 N–H and O–H groups in total. The van der Waals surface area contributed by atoms with Crippen molar-refractivity contribution in [2.75, 3.05) is 6.54 Å². The fourth-order valence-electron chi connectivity index (χ4n) is 7.23. The molecule has 5 aromatic rings. The van der Waals surface area contributed by atoms with E-state index in [1.54, 1.807) is 5.56 Å². The molecule has 0 radical (unpaired) electrons. The van der Waals surface area contributed by atoms with Gasteiger partial charge >= 0.3 is 0 Å². The predicted molar refractivity (Wildman–Crippen MR) is 221 cm³/mol. The highest BCUT2D eigenvalue weighted by Crippen LogP contribution is 2.36. The summed E-state index contributed by atoms with van der Waals surface area (Å²) in [6, 6.07) is 44.0. The summed E-state index contributed by atoms with van der Waals surface area (Å²) < 4.78 is 2.15. The Bertz CT molecular complexity index is 1830. The molecular weight excluding hydrogens is 617 g/mol. The quantitative estimate of drug-likeness (QED) is 0.0470. The van der Waals surface area contributed by atoms with E-state index in [2.05, 4.69) is 160 Å². The minimum Gasteiger partial charge on any atom is -0.0885 e. The molecule has 51 heavy (non-hydrogen) atoms. The number of aryl methyl sites for hydroxylation is 1. The van der Waals surface area contributed by atoms with Gasteiger partial charge in [-0.15, -0.1) is 0 Å². The molecule has 5 rings (SSSR count). The molecule has 0 atom stereocenters. The van der Waals surface area contributed by atoms with Crippen LogP contribution in [0.3, 0.4) is 0 Å². The van der Waals surface area contributed by atoms with Crippen LogP contribution in [0.25, 0.3) is 39.5 Å². The Morgan fingerprint density at radius 2 is 1.06 bits per heavy atom. The lowest BCUT2D eigenvalue weighted by Crippen LogP contribution is -2.06. The highest BCUT2D eigenvalue weighted by Gasteiger charge is 2.16. The van der Waals surface area contributed by atoms with Gasteiger partial charge in [0.05, 0.1) is 0 Å². The number of hydrogen-bond acceptors (Lipinski definition) is 1. The van der Waals surface area contributed by atoms with Crippen LogP contribution in [0.1, 0.15) is 109 Å². The van der Waals surface area contributed by atoms with Crippen molar-refractivity contribution < 1.29 is 4.70 Å². The first-order valence-corrected chi connectivity index (χ1v) is 19.7. The predicted octanol–water partition coefficient (Wildman–Crippen LogP) is 14.9. The largest absolute Gasteiger partial charge is 0.206 e. The summed E-state index contributed by atoms with van der Waals surface area (Å²) in [7, 11) is 0. The molecule has 0 aliphatic carbocycles. The van der Waals surface area contributed by atoms with E-state index in [-0.39, 0.29) is 0 Å². The molecule has 5 aromatic carbocycles. The van der Waals surface area contributed by atoms with E-state index in [0.29, 0.717) is 0 Å². The monoisotopic (exact) mass is 675 g/mol. The first-order chi connectivity index (χ1) is 25.1. The maximum Gasteiger partial charge on any atom is 0.206 e. The van der Waals surface area contributed by atoms with Crippen LogP contribution in [0.4, 0.5) is 5.69 Å². The number of hydrogen-bond donors (Lipinski definition) is 0. The molecule has 0 spiro atoms. The number of benzene rings is 5. The number of allylic oxidation sites excluding steroid dienone is 1. The number of rotatable bonds is 19. The third-order valence-corrected chi connectivity index (χ3v) is 10.0. The van der Waals surface area contributed by atoms with Crippen molar-refractivity contribution in [3.63, 3.8) is 0 Å². The van der Waals surface area contributed by atoms with Crippen LogP contribution in [0.5, 0.6) is 0 Å². The van der Waals surface area contributed by atoms with Crippen molar-refractivity contribution >= 4 is 11.8 Å². The molecule has 0 aliphatic rings. The van der Waals surface area contributed by atoms with Gasteiger partial charge in [-0.3, -0.25) is 0 Å². The maximum atomic E-state index is 5.22. The van der Waals surface area contributed by atoms with Gasteiger partial charge in [-0.05, 0) is 106 Å². The van der Waals surface area contributed by atoms with Gasteiger partial charge in [-0.2, -0.15) is 0 Å². The van der Waals surface area contributed by atoms with Crippen molar-refractivity contribution in [2.24, 2.45) is 5.11 Å². The second kappa shape index (κ2) is 20.3. The van der Waals surface area contributed by atoms with Crippen molar-refractivity contribution in [1.82, 2.24) is 0 Å². The highest BCUT2D eigenvalue weighted by atomic mass is 15.3. The minimum absolute atomic E-state index is 0.787. The molecule has 0 saturated carbocycles. The summed E-state index contributed by atoms with van der Waals surface area (Å²) in [4.78, 5) is 0. The van der Waals surface area contributed by atoms with Crippen LogP contribution >= 0.6 is 0 Å². The average Bonchev–Trinajstić information content (AvgIpc) is 3.18. The van der Waals surface area contributed by atoms with Crippen LogP contribution in [0.2, 0.25) is 0 Å². The molecule has 2 nitrogen and oxygen atoms in total. The Labute approximate surface area is 309 Å². The molecule has 0 unspecified atom stereocenters. The Morgan fingerprint density at radius 3 is 1.67 bits per heavy atom. The zero-order chi connectivity index (χ0) is 35.7. The molecule has 2 heteroatoms. The third kappa shape index (κ3) is 11.0. The van der Waals surface area contributed by atoms with Gasteiger partial charge < -0.3 is 0 Å².